The van der Waals surface area contributed by atoms with Crippen LogP contribution in [0, 0.1) is 0 Å². The molecule has 0 spiro atoms. The summed E-state index contributed by atoms with van der Waals surface area (Å²) < 4.78 is 0. The average Bonchev–Trinajstić information content (AvgIpc) is 2.47. The van der Waals surface area contributed by atoms with Crippen molar-refractivity contribution in [2.75, 3.05) is 13.1 Å². The number of aliphatic imine (C=N–C) groups is 1. The minimum absolute atomic E-state index is 0.0371. The number of carbonyl (C=O) groups excluding carboxylic acids is 1. The van der Waals surface area contributed by atoms with Crippen LogP contribution in [-0.4, -0.2) is 29.7 Å². The number of carbonyl (C=O) groups is 1. The van der Waals surface area contributed by atoms with Gasteiger partial charge in [-0.05, 0) is 44.9 Å². The average molecular weight is 301 g/mol. The number of allylic oxidation sites excluding steroid dienone is 2. The van der Waals surface area contributed by atoms with E-state index in [2.05, 4.69) is 24.2 Å². The van der Waals surface area contributed by atoms with E-state index in [1.54, 1.807) is 0 Å². The molecular formula is C18H27N3O. The van der Waals surface area contributed by atoms with E-state index in [0.717, 1.165) is 43.0 Å². The topological polar surface area (TPSA) is 44.7 Å². The van der Waals surface area contributed by atoms with Crippen LogP contribution in [0.4, 0.5) is 10.5 Å². The molecule has 22 heavy (non-hydrogen) atoms. The fraction of sp³-hybridized carbons (Fsp3) is 0.444. The highest BCUT2D eigenvalue weighted by atomic mass is 16.2. The van der Waals surface area contributed by atoms with Crippen LogP contribution in [0.15, 0.2) is 47.1 Å². The van der Waals surface area contributed by atoms with Gasteiger partial charge in [-0.25, -0.2) is 4.79 Å². The Balaban J connectivity index is 2.68. The van der Waals surface area contributed by atoms with Gasteiger partial charge >= 0.3 is 6.03 Å². The van der Waals surface area contributed by atoms with E-state index in [4.69, 9.17) is 0 Å². The molecule has 0 atom stereocenters. The molecule has 0 aromatic heterocycles. The third-order valence-electron chi connectivity index (χ3n) is 3.07. The predicted octanol–water partition coefficient (Wildman–Crippen LogP) is 4.51. The van der Waals surface area contributed by atoms with Gasteiger partial charge in [0.15, 0.2) is 0 Å². The van der Waals surface area contributed by atoms with Crippen LogP contribution in [-0.2, 0) is 0 Å². The Kier molecular flexibility index (Phi) is 7.97. The first-order valence-electron chi connectivity index (χ1n) is 7.91. The van der Waals surface area contributed by atoms with E-state index >= 15 is 0 Å². The van der Waals surface area contributed by atoms with Gasteiger partial charge in [-0.2, -0.15) is 0 Å². The van der Waals surface area contributed by atoms with E-state index in [1.165, 1.54) is 0 Å². The van der Waals surface area contributed by atoms with Crippen molar-refractivity contribution in [3.63, 3.8) is 0 Å². The van der Waals surface area contributed by atoms with Gasteiger partial charge in [0.25, 0.3) is 0 Å². The van der Waals surface area contributed by atoms with Crippen LogP contribution in [0.1, 0.15) is 40.5 Å². The summed E-state index contributed by atoms with van der Waals surface area (Å²) in [6, 6.07) is 9.75. The Labute approximate surface area is 133 Å². The molecule has 1 aromatic rings. The van der Waals surface area contributed by atoms with Crippen molar-refractivity contribution in [2.24, 2.45) is 4.99 Å². The van der Waals surface area contributed by atoms with Crippen molar-refractivity contribution in [3.8, 4) is 0 Å². The Hall–Kier alpha value is -2.10. The zero-order valence-electron chi connectivity index (χ0n) is 14.1. The number of hydrogen-bond donors (Lipinski definition) is 1. The van der Waals surface area contributed by atoms with Crippen molar-refractivity contribution < 1.29 is 4.79 Å². The van der Waals surface area contributed by atoms with Gasteiger partial charge in [-0.1, -0.05) is 32.0 Å². The standard InChI is InChI=1S/C18H27N3O/c1-5-12-21(13-6-2)18(22)20-16(4)14-15(3)19-17-10-8-7-9-11-17/h7-11,14H,5-6,12-13H2,1-4H3,(H,20,22)/b16-14+,19-15?. The van der Waals surface area contributed by atoms with Crippen LogP contribution in [0.3, 0.4) is 0 Å². The van der Waals surface area contributed by atoms with Crippen molar-refractivity contribution in [1.29, 1.82) is 0 Å². The normalized spacial score (nSPS) is 12.2. The number of benzene rings is 1. The molecule has 0 heterocycles. The number of nitrogens with zero attached hydrogens (tertiary/aromatic N) is 2. The SMILES string of the molecule is CCCN(CCC)C(=O)N/C(C)=C/C(C)=Nc1ccccc1. The largest absolute Gasteiger partial charge is 0.325 e. The van der Waals surface area contributed by atoms with Crippen LogP contribution in [0.5, 0.6) is 0 Å². The third-order valence-corrected chi connectivity index (χ3v) is 3.07. The van der Waals surface area contributed by atoms with Crippen LogP contribution in [0.2, 0.25) is 0 Å². The predicted molar refractivity (Wildman–Crippen MR) is 93.7 cm³/mol. The minimum atomic E-state index is -0.0371. The molecule has 0 saturated carbocycles. The third kappa shape index (κ3) is 6.57. The smallest absolute Gasteiger partial charge is 0.321 e. The number of nitrogens with one attached hydrogen (secondary N) is 1. The summed E-state index contributed by atoms with van der Waals surface area (Å²) in [6.07, 6.45) is 3.82. The first-order valence-corrected chi connectivity index (χ1v) is 7.91. The maximum absolute atomic E-state index is 12.2. The molecule has 1 aromatic carbocycles. The molecule has 0 saturated heterocycles. The monoisotopic (exact) mass is 301 g/mol. The lowest BCUT2D eigenvalue weighted by atomic mass is 10.3. The second-order valence-electron chi connectivity index (χ2n) is 5.33. The molecule has 120 valence electrons. The van der Waals surface area contributed by atoms with Crippen LogP contribution < -0.4 is 5.32 Å². The molecule has 0 aliphatic carbocycles. The van der Waals surface area contributed by atoms with Gasteiger partial charge < -0.3 is 10.2 Å². The van der Waals surface area contributed by atoms with Gasteiger partial charge in [-0.15, -0.1) is 0 Å². The highest BCUT2D eigenvalue weighted by Crippen LogP contribution is 2.10. The van der Waals surface area contributed by atoms with Gasteiger partial charge in [0.1, 0.15) is 0 Å². The molecule has 4 nitrogen and oxygen atoms in total. The quantitative estimate of drug-likeness (QED) is 0.740. The number of para-hydroxylation sites is 1. The summed E-state index contributed by atoms with van der Waals surface area (Å²) >= 11 is 0. The number of urea groups is 1. The lowest BCUT2D eigenvalue weighted by Gasteiger charge is -2.22. The highest BCUT2D eigenvalue weighted by molar-refractivity contribution is 5.95. The fourth-order valence-electron chi connectivity index (χ4n) is 2.19. The van der Waals surface area contributed by atoms with Crippen molar-refractivity contribution in [2.45, 2.75) is 40.5 Å². The summed E-state index contributed by atoms with van der Waals surface area (Å²) in [7, 11) is 0. The molecule has 0 fully saturated rings. The van der Waals surface area contributed by atoms with E-state index in [1.807, 2.05) is 55.2 Å². The second-order valence-corrected chi connectivity index (χ2v) is 5.33. The molecule has 2 amide bonds. The summed E-state index contributed by atoms with van der Waals surface area (Å²) in [4.78, 5) is 18.6. The van der Waals surface area contributed by atoms with E-state index in [-0.39, 0.29) is 6.03 Å². The minimum Gasteiger partial charge on any atom is -0.325 e. The van der Waals surface area contributed by atoms with Gasteiger partial charge in [0.2, 0.25) is 0 Å². The summed E-state index contributed by atoms with van der Waals surface area (Å²) in [6.45, 7) is 9.54. The number of amides is 2. The van der Waals surface area contributed by atoms with Crippen LogP contribution >= 0.6 is 0 Å². The fourth-order valence-corrected chi connectivity index (χ4v) is 2.19. The molecule has 0 unspecified atom stereocenters. The molecule has 0 aliphatic heterocycles. The zero-order valence-corrected chi connectivity index (χ0v) is 14.1. The molecular weight excluding hydrogens is 274 g/mol. The highest BCUT2D eigenvalue weighted by Gasteiger charge is 2.11. The van der Waals surface area contributed by atoms with E-state index in [9.17, 15) is 4.79 Å². The summed E-state index contributed by atoms with van der Waals surface area (Å²) in [5.74, 6) is 0. The Morgan fingerprint density at radius 1 is 1.14 bits per heavy atom. The summed E-state index contributed by atoms with van der Waals surface area (Å²) in [5, 5.41) is 2.93. The first-order chi connectivity index (χ1) is 10.6. The maximum atomic E-state index is 12.2. The Morgan fingerprint density at radius 2 is 1.73 bits per heavy atom. The molecule has 0 aliphatic rings. The first kappa shape index (κ1) is 18.0. The lowest BCUT2D eigenvalue weighted by molar-refractivity contribution is 0.200. The lowest BCUT2D eigenvalue weighted by Crippen LogP contribution is -2.40. The molecule has 0 radical (unpaired) electrons. The molecule has 1 rings (SSSR count). The molecule has 1 N–H and O–H groups in total. The number of hydrogen-bond acceptors (Lipinski definition) is 2. The Bertz CT molecular complexity index is 514. The van der Waals surface area contributed by atoms with Crippen molar-refractivity contribution in [3.05, 3.63) is 42.1 Å². The van der Waals surface area contributed by atoms with E-state index < -0.39 is 0 Å². The zero-order chi connectivity index (χ0) is 16.4. The Morgan fingerprint density at radius 3 is 2.27 bits per heavy atom. The summed E-state index contributed by atoms with van der Waals surface area (Å²) in [5.41, 5.74) is 2.58. The number of rotatable bonds is 7. The van der Waals surface area contributed by atoms with Crippen molar-refractivity contribution in [1.82, 2.24) is 10.2 Å². The van der Waals surface area contributed by atoms with Crippen LogP contribution in [0.25, 0.3) is 0 Å². The second kappa shape index (κ2) is 9.77. The van der Waals surface area contributed by atoms with Gasteiger partial charge in [0.05, 0.1) is 5.69 Å². The molecule has 0 bridgehead atoms. The van der Waals surface area contributed by atoms with Gasteiger partial charge in [0, 0.05) is 24.5 Å². The maximum Gasteiger partial charge on any atom is 0.321 e. The van der Waals surface area contributed by atoms with Crippen molar-refractivity contribution >= 4 is 17.4 Å². The van der Waals surface area contributed by atoms with Gasteiger partial charge in [-0.3, -0.25) is 4.99 Å². The van der Waals surface area contributed by atoms with E-state index in [0.29, 0.717) is 0 Å². The molecule has 4 heteroatoms.